The van der Waals surface area contributed by atoms with Gasteiger partial charge in [-0.3, -0.25) is 14.6 Å². The molecule has 1 aliphatic heterocycles. The van der Waals surface area contributed by atoms with Crippen molar-refractivity contribution in [1.29, 1.82) is 0 Å². The standard InChI is InChI=1S/C17H20N4O2S.2ClH/c1-17(10-18)5-8-21(11-17)16(23)14-13(4-9-24-14)20-15(22)12-2-6-19-7-3-12;;/h2-4,6-7,9H,5,8,10-11,18H2,1H3,(H,20,22);2*1H. The van der Waals surface area contributed by atoms with Gasteiger partial charge in [0.25, 0.3) is 11.8 Å². The molecule has 0 spiro atoms. The predicted molar refractivity (Wildman–Crippen MR) is 109 cm³/mol. The number of hydrogen-bond acceptors (Lipinski definition) is 5. The summed E-state index contributed by atoms with van der Waals surface area (Å²) in [7, 11) is 0. The summed E-state index contributed by atoms with van der Waals surface area (Å²) >= 11 is 1.34. The van der Waals surface area contributed by atoms with Gasteiger partial charge in [0.15, 0.2) is 0 Å². The van der Waals surface area contributed by atoms with E-state index in [1.54, 1.807) is 30.6 Å². The third-order valence-electron chi connectivity index (χ3n) is 4.39. The average molecular weight is 417 g/mol. The van der Waals surface area contributed by atoms with Gasteiger partial charge in [0.1, 0.15) is 4.88 Å². The van der Waals surface area contributed by atoms with Crippen molar-refractivity contribution in [3.05, 3.63) is 46.4 Å². The summed E-state index contributed by atoms with van der Waals surface area (Å²) in [5, 5.41) is 4.63. The van der Waals surface area contributed by atoms with E-state index in [-0.39, 0.29) is 42.0 Å². The molecule has 1 unspecified atom stereocenters. The predicted octanol–water partition coefficient (Wildman–Crippen LogP) is 3.05. The number of carbonyl (C=O) groups excluding carboxylic acids is 2. The van der Waals surface area contributed by atoms with Gasteiger partial charge >= 0.3 is 0 Å². The van der Waals surface area contributed by atoms with Crippen LogP contribution in [-0.2, 0) is 0 Å². The Morgan fingerprint density at radius 2 is 2.00 bits per heavy atom. The highest BCUT2D eigenvalue weighted by molar-refractivity contribution is 7.12. The van der Waals surface area contributed by atoms with Crippen LogP contribution in [0.15, 0.2) is 36.0 Å². The van der Waals surface area contributed by atoms with E-state index in [9.17, 15) is 9.59 Å². The van der Waals surface area contributed by atoms with Gasteiger partial charge in [0.05, 0.1) is 5.69 Å². The summed E-state index contributed by atoms with van der Waals surface area (Å²) in [4.78, 5) is 31.3. The monoisotopic (exact) mass is 416 g/mol. The van der Waals surface area contributed by atoms with Gasteiger partial charge in [-0.2, -0.15) is 0 Å². The van der Waals surface area contributed by atoms with E-state index < -0.39 is 0 Å². The highest BCUT2D eigenvalue weighted by atomic mass is 35.5. The van der Waals surface area contributed by atoms with Gasteiger partial charge in [-0.05, 0) is 42.0 Å². The van der Waals surface area contributed by atoms with Gasteiger partial charge in [0.2, 0.25) is 0 Å². The maximum Gasteiger partial charge on any atom is 0.266 e. The van der Waals surface area contributed by atoms with E-state index in [0.29, 0.717) is 35.8 Å². The molecular formula is C17H22Cl2N4O2S. The highest BCUT2D eigenvalue weighted by Gasteiger charge is 2.36. The van der Waals surface area contributed by atoms with E-state index in [4.69, 9.17) is 5.73 Å². The van der Waals surface area contributed by atoms with Gasteiger partial charge in [-0.25, -0.2) is 0 Å². The Morgan fingerprint density at radius 1 is 1.31 bits per heavy atom. The summed E-state index contributed by atoms with van der Waals surface area (Å²) in [5.41, 5.74) is 6.85. The minimum absolute atomic E-state index is 0. The number of pyridine rings is 1. The molecule has 2 amide bonds. The number of hydrogen-bond donors (Lipinski definition) is 2. The van der Waals surface area contributed by atoms with E-state index in [2.05, 4.69) is 17.2 Å². The third-order valence-corrected chi connectivity index (χ3v) is 5.29. The molecule has 0 aliphatic carbocycles. The maximum atomic E-state index is 12.8. The van der Waals surface area contributed by atoms with Gasteiger partial charge in [-0.1, -0.05) is 6.92 Å². The zero-order valence-corrected chi connectivity index (χ0v) is 16.8. The number of rotatable bonds is 4. The summed E-state index contributed by atoms with van der Waals surface area (Å²) in [6, 6.07) is 5.03. The van der Waals surface area contributed by atoms with Crippen LogP contribution in [0.4, 0.5) is 5.69 Å². The summed E-state index contributed by atoms with van der Waals surface area (Å²) in [6.45, 7) is 4.01. The minimum Gasteiger partial charge on any atom is -0.337 e. The second-order valence-corrected chi connectivity index (χ2v) is 7.26. The van der Waals surface area contributed by atoms with Gasteiger partial charge in [0, 0.05) is 31.0 Å². The molecule has 1 saturated heterocycles. The lowest BCUT2D eigenvalue weighted by molar-refractivity contribution is 0.0782. The number of amides is 2. The molecule has 0 saturated carbocycles. The molecule has 2 aromatic rings. The van der Waals surface area contributed by atoms with E-state index in [0.717, 1.165) is 6.42 Å². The molecule has 3 N–H and O–H groups in total. The second-order valence-electron chi connectivity index (χ2n) is 6.34. The van der Waals surface area contributed by atoms with Crippen LogP contribution in [0, 0.1) is 5.41 Å². The zero-order valence-electron chi connectivity index (χ0n) is 14.3. The minimum atomic E-state index is -0.252. The first-order valence-corrected chi connectivity index (χ1v) is 8.69. The second kappa shape index (κ2) is 9.32. The fourth-order valence-corrected chi connectivity index (χ4v) is 3.59. The quantitative estimate of drug-likeness (QED) is 0.801. The first-order chi connectivity index (χ1) is 11.5. The number of nitrogens with two attached hydrogens (primary N) is 1. The maximum absolute atomic E-state index is 12.8. The molecule has 26 heavy (non-hydrogen) atoms. The number of nitrogens with zero attached hydrogens (tertiary/aromatic N) is 2. The first kappa shape index (κ1) is 22.4. The van der Waals surface area contributed by atoms with Crippen molar-refractivity contribution in [1.82, 2.24) is 9.88 Å². The Morgan fingerprint density at radius 3 is 2.62 bits per heavy atom. The normalized spacial score (nSPS) is 18.6. The van der Waals surface area contributed by atoms with Gasteiger partial charge in [-0.15, -0.1) is 36.2 Å². The molecule has 142 valence electrons. The van der Waals surface area contributed by atoms with Crippen molar-refractivity contribution in [2.75, 3.05) is 25.0 Å². The Labute approximate surface area is 169 Å². The molecule has 3 heterocycles. The number of halogens is 2. The van der Waals surface area contributed by atoms with E-state index in [1.807, 2.05) is 10.3 Å². The number of anilines is 1. The van der Waals surface area contributed by atoms with Gasteiger partial charge < -0.3 is 16.0 Å². The van der Waals surface area contributed by atoms with Crippen LogP contribution in [0.5, 0.6) is 0 Å². The Balaban J connectivity index is 0.00000169. The zero-order chi connectivity index (χ0) is 17.2. The molecule has 1 fully saturated rings. The molecule has 9 heteroatoms. The molecule has 0 radical (unpaired) electrons. The largest absolute Gasteiger partial charge is 0.337 e. The van der Waals surface area contributed by atoms with Crippen LogP contribution in [0.25, 0.3) is 0 Å². The van der Waals surface area contributed by atoms with Crippen LogP contribution in [-0.4, -0.2) is 41.3 Å². The number of nitrogens with one attached hydrogen (secondary N) is 1. The fourth-order valence-electron chi connectivity index (χ4n) is 2.78. The van der Waals surface area contributed by atoms with Crippen molar-refractivity contribution in [2.24, 2.45) is 11.1 Å². The highest BCUT2D eigenvalue weighted by Crippen LogP contribution is 2.32. The van der Waals surface area contributed by atoms with Crippen molar-refractivity contribution in [2.45, 2.75) is 13.3 Å². The molecule has 6 nitrogen and oxygen atoms in total. The lowest BCUT2D eigenvalue weighted by Gasteiger charge is -2.22. The third kappa shape index (κ3) is 4.73. The van der Waals surface area contributed by atoms with E-state index >= 15 is 0 Å². The summed E-state index contributed by atoms with van der Waals surface area (Å²) in [6.07, 6.45) is 4.03. The van der Waals surface area contributed by atoms with Crippen LogP contribution in [0.3, 0.4) is 0 Å². The topological polar surface area (TPSA) is 88.3 Å². The Kier molecular flexibility index (Phi) is 8.02. The number of likely N-dealkylation sites (tertiary alicyclic amines) is 1. The number of carbonyl (C=O) groups is 2. The van der Waals surface area contributed by atoms with Crippen molar-refractivity contribution in [3.8, 4) is 0 Å². The summed E-state index contributed by atoms with van der Waals surface area (Å²) in [5.74, 6) is -0.301. The molecule has 1 atom stereocenters. The van der Waals surface area contributed by atoms with E-state index in [1.165, 1.54) is 11.3 Å². The molecule has 2 aromatic heterocycles. The fraction of sp³-hybridized carbons (Fsp3) is 0.353. The molecule has 1 aliphatic rings. The lowest BCUT2D eigenvalue weighted by atomic mass is 9.90. The first-order valence-electron chi connectivity index (χ1n) is 7.81. The number of aromatic nitrogens is 1. The van der Waals surface area contributed by atoms with Crippen molar-refractivity contribution in [3.63, 3.8) is 0 Å². The molecule has 0 bridgehead atoms. The van der Waals surface area contributed by atoms with Crippen LogP contribution < -0.4 is 11.1 Å². The van der Waals surface area contributed by atoms with Crippen LogP contribution in [0.2, 0.25) is 0 Å². The smallest absolute Gasteiger partial charge is 0.266 e. The molecule has 0 aromatic carbocycles. The lowest BCUT2D eigenvalue weighted by Crippen LogP contribution is -2.34. The molecular weight excluding hydrogens is 395 g/mol. The summed E-state index contributed by atoms with van der Waals surface area (Å²) < 4.78 is 0. The molecule has 3 rings (SSSR count). The average Bonchev–Trinajstić information content (AvgIpc) is 3.22. The van der Waals surface area contributed by atoms with Crippen molar-refractivity contribution < 1.29 is 9.59 Å². The Hall–Kier alpha value is -1.67. The van der Waals surface area contributed by atoms with Crippen molar-refractivity contribution >= 4 is 53.7 Å². The van der Waals surface area contributed by atoms with Crippen LogP contribution >= 0.6 is 36.2 Å². The number of thiophene rings is 1. The van der Waals surface area contributed by atoms with Crippen LogP contribution in [0.1, 0.15) is 33.4 Å². The SMILES string of the molecule is CC1(CN)CCN(C(=O)c2sccc2NC(=O)c2ccncc2)C1.Cl.Cl. The Bertz CT molecular complexity index is 756.